The van der Waals surface area contributed by atoms with Crippen LogP contribution < -0.4 is 14.8 Å². The summed E-state index contributed by atoms with van der Waals surface area (Å²) in [6, 6.07) is 15.0. The van der Waals surface area contributed by atoms with E-state index in [1.807, 2.05) is 55.5 Å². The van der Waals surface area contributed by atoms with Crippen LogP contribution in [0.25, 0.3) is 0 Å². The summed E-state index contributed by atoms with van der Waals surface area (Å²) in [5.74, 6) is 1.26. The van der Waals surface area contributed by atoms with Crippen LogP contribution in [0.1, 0.15) is 31.4 Å². The lowest BCUT2D eigenvalue weighted by Gasteiger charge is -2.29. The van der Waals surface area contributed by atoms with Gasteiger partial charge in [-0.15, -0.1) is 0 Å². The van der Waals surface area contributed by atoms with E-state index in [0.717, 1.165) is 22.6 Å². The Balaban J connectivity index is 1.69. The van der Waals surface area contributed by atoms with Gasteiger partial charge in [-0.2, -0.15) is 0 Å². The predicted octanol–water partition coefficient (Wildman–Crippen LogP) is 2.94. The van der Waals surface area contributed by atoms with E-state index in [-0.39, 0.29) is 11.8 Å². The summed E-state index contributed by atoms with van der Waals surface area (Å²) in [7, 11) is 0. The second kappa shape index (κ2) is 9.96. The molecule has 1 atom stereocenters. The number of hydrogen-bond donors (Lipinski definition) is 1. The largest absolute Gasteiger partial charge is 0.486 e. The number of fused-ring (bicyclic) bond motifs is 1. The first-order valence-electron chi connectivity index (χ1n) is 10.1. The number of likely N-dealkylation sites (N-methyl/N-ethyl adjacent to an activating group) is 1. The van der Waals surface area contributed by atoms with Crippen molar-refractivity contribution in [1.82, 2.24) is 10.2 Å². The van der Waals surface area contributed by atoms with Crippen LogP contribution in [-0.4, -0.2) is 42.5 Å². The molecule has 0 unspecified atom stereocenters. The van der Waals surface area contributed by atoms with Crippen LogP contribution in [0.3, 0.4) is 0 Å². The third kappa shape index (κ3) is 5.50. The van der Waals surface area contributed by atoms with E-state index in [9.17, 15) is 9.59 Å². The van der Waals surface area contributed by atoms with Gasteiger partial charge in [0.05, 0.1) is 0 Å². The Morgan fingerprint density at radius 1 is 1.03 bits per heavy atom. The molecule has 2 amide bonds. The van der Waals surface area contributed by atoms with E-state index < -0.39 is 6.04 Å². The normalized spacial score (nSPS) is 13.4. The lowest BCUT2D eigenvalue weighted by atomic mass is 10.1. The maximum Gasteiger partial charge on any atom is 0.242 e. The number of benzene rings is 2. The number of ether oxygens (including phenoxy) is 2. The molecule has 0 saturated carbocycles. The van der Waals surface area contributed by atoms with Gasteiger partial charge in [-0.1, -0.05) is 36.4 Å². The van der Waals surface area contributed by atoms with Crippen molar-refractivity contribution in [3.05, 3.63) is 59.7 Å². The van der Waals surface area contributed by atoms with Crippen molar-refractivity contribution in [3.8, 4) is 11.5 Å². The van der Waals surface area contributed by atoms with Crippen LogP contribution >= 0.6 is 0 Å². The number of carbonyl (C=O) groups excluding carboxylic acids is 2. The summed E-state index contributed by atoms with van der Waals surface area (Å²) in [5, 5.41) is 2.81. The summed E-state index contributed by atoms with van der Waals surface area (Å²) in [5.41, 5.74) is 2.00. The second-order valence-electron chi connectivity index (χ2n) is 7.06. The standard InChI is InChI=1S/C23H28N2O4/c1-3-24-23(27)17(2)25(16-19-7-5-4-6-8-19)22(26)12-10-18-9-11-20-21(15-18)29-14-13-28-20/h4-9,11,15,17H,3,10,12-14,16H2,1-2H3,(H,24,27)/t17-/m1/s1. The van der Waals surface area contributed by atoms with Gasteiger partial charge in [0.1, 0.15) is 19.3 Å². The van der Waals surface area contributed by atoms with Crippen molar-refractivity contribution >= 4 is 11.8 Å². The van der Waals surface area contributed by atoms with Gasteiger partial charge in [0, 0.05) is 19.5 Å². The predicted molar refractivity (Wildman–Crippen MR) is 111 cm³/mol. The Kier molecular flexibility index (Phi) is 7.11. The van der Waals surface area contributed by atoms with E-state index in [1.54, 1.807) is 11.8 Å². The molecule has 6 heteroatoms. The van der Waals surface area contributed by atoms with E-state index >= 15 is 0 Å². The van der Waals surface area contributed by atoms with Crippen molar-refractivity contribution in [2.75, 3.05) is 19.8 Å². The van der Waals surface area contributed by atoms with Crippen molar-refractivity contribution < 1.29 is 19.1 Å². The molecule has 3 rings (SSSR count). The molecule has 154 valence electrons. The SMILES string of the molecule is CCNC(=O)[C@@H](C)N(Cc1ccccc1)C(=O)CCc1ccc2c(c1)OCCO2. The first kappa shape index (κ1) is 20.7. The van der Waals surface area contributed by atoms with Gasteiger partial charge >= 0.3 is 0 Å². The van der Waals surface area contributed by atoms with Gasteiger partial charge in [-0.25, -0.2) is 0 Å². The molecule has 0 radical (unpaired) electrons. The van der Waals surface area contributed by atoms with Crippen LogP contribution in [0.5, 0.6) is 11.5 Å². The topological polar surface area (TPSA) is 67.9 Å². The maximum atomic E-state index is 13.0. The summed E-state index contributed by atoms with van der Waals surface area (Å²) in [4.78, 5) is 27.1. The van der Waals surface area contributed by atoms with Crippen LogP contribution in [0, 0.1) is 0 Å². The van der Waals surface area contributed by atoms with Gasteiger partial charge in [-0.3, -0.25) is 9.59 Å². The Morgan fingerprint density at radius 3 is 2.48 bits per heavy atom. The molecule has 1 heterocycles. The third-order valence-corrected chi connectivity index (χ3v) is 4.95. The molecule has 2 aromatic rings. The summed E-state index contributed by atoms with van der Waals surface area (Å²) in [6.07, 6.45) is 0.888. The van der Waals surface area contributed by atoms with Crippen LogP contribution in [-0.2, 0) is 22.6 Å². The van der Waals surface area contributed by atoms with E-state index in [1.165, 1.54) is 0 Å². The molecule has 6 nitrogen and oxygen atoms in total. The van der Waals surface area contributed by atoms with Crippen molar-refractivity contribution in [2.45, 2.75) is 39.3 Å². The number of carbonyl (C=O) groups is 2. The molecule has 0 bridgehead atoms. The monoisotopic (exact) mass is 396 g/mol. The Labute approximate surface area is 171 Å². The highest BCUT2D eigenvalue weighted by atomic mass is 16.6. The fourth-order valence-electron chi connectivity index (χ4n) is 3.32. The van der Waals surface area contributed by atoms with Crippen LogP contribution in [0.4, 0.5) is 0 Å². The first-order chi connectivity index (χ1) is 14.1. The zero-order valence-corrected chi connectivity index (χ0v) is 17.0. The average molecular weight is 396 g/mol. The highest BCUT2D eigenvalue weighted by Gasteiger charge is 2.25. The molecule has 1 aliphatic rings. The molecule has 0 aliphatic carbocycles. The Bertz CT molecular complexity index is 838. The molecule has 29 heavy (non-hydrogen) atoms. The lowest BCUT2D eigenvalue weighted by Crippen LogP contribution is -2.47. The van der Waals surface area contributed by atoms with E-state index in [0.29, 0.717) is 39.1 Å². The minimum absolute atomic E-state index is 0.0532. The second-order valence-corrected chi connectivity index (χ2v) is 7.06. The number of hydrogen-bond acceptors (Lipinski definition) is 4. The molecular weight excluding hydrogens is 368 g/mol. The number of nitrogens with zero attached hydrogens (tertiary/aromatic N) is 1. The Hall–Kier alpha value is -3.02. The number of nitrogens with one attached hydrogen (secondary N) is 1. The minimum atomic E-state index is -0.539. The molecule has 1 aliphatic heterocycles. The van der Waals surface area contributed by atoms with Gasteiger partial charge in [0.15, 0.2) is 11.5 Å². The highest BCUT2D eigenvalue weighted by Crippen LogP contribution is 2.31. The summed E-state index contributed by atoms with van der Waals surface area (Å²) < 4.78 is 11.2. The average Bonchev–Trinajstić information content (AvgIpc) is 2.76. The van der Waals surface area contributed by atoms with E-state index in [2.05, 4.69) is 5.32 Å². The quantitative estimate of drug-likeness (QED) is 0.745. The molecule has 0 aromatic heterocycles. The smallest absolute Gasteiger partial charge is 0.242 e. The van der Waals surface area contributed by atoms with Gasteiger partial charge in [0.25, 0.3) is 0 Å². The highest BCUT2D eigenvalue weighted by molar-refractivity contribution is 5.87. The fourth-order valence-corrected chi connectivity index (χ4v) is 3.32. The van der Waals surface area contributed by atoms with Crippen LogP contribution in [0.15, 0.2) is 48.5 Å². The van der Waals surface area contributed by atoms with Crippen LogP contribution in [0.2, 0.25) is 0 Å². The fraction of sp³-hybridized carbons (Fsp3) is 0.391. The zero-order chi connectivity index (χ0) is 20.6. The van der Waals surface area contributed by atoms with Crippen molar-refractivity contribution in [1.29, 1.82) is 0 Å². The Morgan fingerprint density at radius 2 is 1.76 bits per heavy atom. The first-order valence-corrected chi connectivity index (χ1v) is 10.1. The van der Waals surface area contributed by atoms with E-state index in [4.69, 9.17) is 9.47 Å². The molecule has 0 saturated heterocycles. The van der Waals surface area contributed by atoms with Gasteiger partial charge in [-0.05, 0) is 43.5 Å². The molecular formula is C23H28N2O4. The van der Waals surface area contributed by atoms with Crippen molar-refractivity contribution in [3.63, 3.8) is 0 Å². The minimum Gasteiger partial charge on any atom is -0.486 e. The molecule has 0 spiro atoms. The van der Waals surface area contributed by atoms with Gasteiger partial charge < -0.3 is 19.7 Å². The third-order valence-electron chi connectivity index (χ3n) is 4.95. The lowest BCUT2D eigenvalue weighted by molar-refractivity contribution is -0.140. The summed E-state index contributed by atoms with van der Waals surface area (Å²) in [6.45, 7) is 5.67. The molecule has 2 aromatic carbocycles. The maximum absolute atomic E-state index is 13.0. The summed E-state index contributed by atoms with van der Waals surface area (Å²) >= 11 is 0. The zero-order valence-electron chi connectivity index (χ0n) is 17.0. The molecule has 1 N–H and O–H groups in total. The number of aryl methyl sites for hydroxylation is 1. The molecule has 0 fully saturated rings. The van der Waals surface area contributed by atoms with Crippen molar-refractivity contribution in [2.24, 2.45) is 0 Å². The number of amides is 2. The number of rotatable bonds is 8. The van der Waals surface area contributed by atoms with Gasteiger partial charge in [0.2, 0.25) is 11.8 Å².